The van der Waals surface area contributed by atoms with Crippen molar-refractivity contribution in [2.24, 2.45) is 0 Å². The van der Waals surface area contributed by atoms with Crippen LogP contribution in [0.3, 0.4) is 0 Å². The molecule has 1 aliphatic heterocycles. The van der Waals surface area contributed by atoms with E-state index in [-0.39, 0.29) is 31.2 Å². The average molecular weight is 242 g/mol. The van der Waals surface area contributed by atoms with Crippen LogP contribution in [-0.2, 0) is 19.1 Å². The summed E-state index contributed by atoms with van der Waals surface area (Å²) in [7, 11) is 1.27. The van der Waals surface area contributed by atoms with Gasteiger partial charge < -0.3 is 15.0 Å². The van der Waals surface area contributed by atoms with Crippen molar-refractivity contribution < 1.29 is 19.1 Å². The second kappa shape index (κ2) is 6.88. The second-order valence-electron chi connectivity index (χ2n) is 3.94. The Morgan fingerprint density at radius 3 is 2.41 bits per heavy atom. The molecule has 0 aromatic rings. The second-order valence-corrected chi connectivity index (χ2v) is 3.94. The summed E-state index contributed by atoms with van der Waals surface area (Å²) in [6.45, 7) is 1.56. The molecule has 1 heterocycles. The number of amides is 2. The quantitative estimate of drug-likeness (QED) is 0.670. The molecule has 0 radical (unpaired) electrons. The average Bonchev–Trinajstić information content (AvgIpc) is 2.86. The van der Waals surface area contributed by atoms with E-state index < -0.39 is 5.97 Å². The Balaban J connectivity index is 2.14. The lowest BCUT2D eigenvalue weighted by atomic mass is 10.3. The summed E-state index contributed by atoms with van der Waals surface area (Å²) in [5.41, 5.74) is 0. The number of nitrogens with zero attached hydrogens (tertiary/aromatic N) is 1. The van der Waals surface area contributed by atoms with E-state index in [1.54, 1.807) is 4.90 Å². The zero-order chi connectivity index (χ0) is 12.7. The molecule has 0 bridgehead atoms. The van der Waals surface area contributed by atoms with Gasteiger partial charge in [-0.25, -0.2) is 0 Å². The number of carbonyl (C=O) groups excluding carboxylic acids is 3. The van der Waals surface area contributed by atoms with Crippen LogP contribution in [0, 0.1) is 0 Å². The first-order valence-electron chi connectivity index (χ1n) is 5.75. The van der Waals surface area contributed by atoms with E-state index in [1.807, 2.05) is 0 Å². The van der Waals surface area contributed by atoms with Gasteiger partial charge in [-0.15, -0.1) is 0 Å². The van der Waals surface area contributed by atoms with Gasteiger partial charge in [0.25, 0.3) is 0 Å². The molecule has 0 saturated carbocycles. The fraction of sp³-hybridized carbons (Fsp3) is 0.727. The topological polar surface area (TPSA) is 75.7 Å². The predicted octanol–water partition coefficient (Wildman–Crippen LogP) is -0.322. The molecule has 17 heavy (non-hydrogen) atoms. The number of ether oxygens (including phenoxy) is 1. The first kappa shape index (κ1) is 13.5. The molecule has 0 aromatic heterocycles. The zero-order valence-electron chi connectivity index (χ0n) is 10.0. The number of esters is 1. The molecule has 0 spiro atoms. The Morgan fingerprint density at radius 2 is 1.82 bits per heavy atom. The van der Waals surface area contributed by atoms with Crippen LogP contribution in [0.2, 0.25) is 0 Å². The van der Waals surface area contributed by atoms with Crippen molar-refractivity contribution in [2.75, 3.05) is 26.7 Å². The molecular weight excluding hydrogens is 224 g/mol. The Hall–Kier alpha value is -1.59. The van der Waals surface area contributed by atoms with Crippen molar-refractivity contribution in [3.05, 3.63) is 0 Å². The van der Waals surface area contributed by atoms with Crippen molar-refractivity contribution in [1.29, 1.82) is 0 Å². The molecule has 6 nitrogen and oxygen atoms in total. The third kappa shape index (κ3) is 4.84. The number of nitrogens with one attached hydrogen (secondary N) is 1. The van der Waals surface area contributed by atoms with Crippen molar-refractivity contribution >= 4 is 17.8 Å². The molecule has 0 aromatic carbocycles. The molecule has 1 aliphatic rings. The van der Waals surface area contributed by atoms with Crippen LogP contribution in [-0.4, -0.2) is 49.4 Å². The van der Waals surface area contributed by atoms with Crippen LogP contribution < -0.4 is 5.32 Å². The van der Waals surface area contributed by atoms with Crippen LogP contribution in [0.4, 0.5) is 0 Å². The van der Waals surface area contributed by atoms with Gasteiger partial charge in [0.2, 0.25) is 11.8 Å². The number of carbonyl (C=O) groups is 3. The predicted molar refractivity (Wildman–Crippen MR) is 60.1 cm³/mol. The Bertz CT molecular complexity index is 298. The largest absolute Gasteiger partial charge is 0.469 e. The molecule has 0 atom stereocenters. The molecule has 96 valence electrons. The number of methoxy groups -OCH3 is 1. The van der Waals surface area contributed by atoms with Crippen LogP contribution in [0.1, 0.15) is 25.7 Å². The van der Waals surface area contributed by atoms with Crippen LogP contribution >= 0.6 is 0 Å². The maximum absolute atomic E-state index is 11.6. The molecule has 0 aliphatic carbocycles. The van der Waals surface area contributed by atoms with Gasteiger partial charge in [-0.05, 0) is 12.8 Å². The minimum absolute atomic E-state index is 0.0139. The highest BCUT2D eigenvalue weighted by Crippen LogP contribution is 2.06. The highest BCUT2D eigenvalue weighted by molar-refractivity contribution is 5.86. The molecule has 1 saturated heterocycles. The van der Waals surface area contributed by atoms with Gasteiger partial charge in [0.1, 0.15) is 0 Å². The van der Waals surface area contributed by atoms with E-state index in [0.29, 0.717) is 0 Å². The van der Waals surface area contributed by atoms with Crippen LogP contribution in [0.5, 0.6) is 0 Å². The summed E-state index contributed by atoms with van der Waals surface area (Å²) in [4.78, 5) is 35.4. The molecule has 1 rings (SSSR count). The molecular formula is C11H18N2O4. The standard InChI is InChI=1S/C11H18N2O4/c1-17-11(16)5-4-9(14)12-8-10(15)13-6-2-3-7-13/h2-8H2,1H3,(H,12,14). The summed E-state index contributed by atoms with van der Waals surface area (Å²) >= 11 is 0. The summed E-state index contributed by atoms with van der Waals surface area (Å²) in [6, 6.07) is 0. The Labute approximate surface area is 100 Å². The van der Waals surface area contributed by atoms with Gasteiger partial charge in [0.05, 0.1) is 20.1 Å². The van der Waals surface area contributed by atoms with Gasteiger partial charge in [-0.2, -0.15) is 0 Å². The monoisotopic (exact) mass is 242 g/mol. The van der Waals surface area contributed by atoms with Gasteiger partial charge in [0, 0.05) is 19.5 Å². The lowest BCUT2D eigenvalue weighted by Crippen LogP contribution is -2.38. The maximum atomic E-state index is 11.6. The lowest BCUT2D eigenvalue weighted by Gasteiger charge is -2.15. The summed E-state index contributed by atoms with van der Waals surface area (Å²) in [5.74, 6) is -0.789. The molecule has 0 unspecified atom stereocenters. The Kier molecular flexibility index (Phi) is 5.45. The van der Waals surface area contributed by atoms with Crippen molar-refractivity contribution in [1.82, 2.24) is 10.2 Å². The molecule has 1 N–H and O–H groups in total. The van der Waals surface area contributed by atoms with Crippen molar-refractivity contribution in [3.8, 4) is 0 Å². The van der Waals surface area contributed by atoms with Gasteiger partial charge in [-0.1, -0.05) is 0 Å². The van der Waals surface area contributed by atoms with Crippen LogP contribution in [0.25, 0.3) is 0 Å². The normalized spacial score (nSPS) is 14.5. The first-order valence-corrected chi connectivity index (χ1v) is 5.75. The van der Waals surface area contributed by atoms with E-state index in [9.17, 15) is 14.4 Å². The van der Waals surface area contributed by atoms with Gasteiger partial charge in [0.15, 0.2) is 0 Å². The maximum Gasteiger partial charge on any atom is 0.306 e. The third-order valence-corrected chi connectivity index (χ3v) is 2.68. The third-order valence-electron chi connectivity index (χ3n) is 2.68. The zero-order valence-corrected chi connectivity index (χ0v) is 10.0. The summed E-state index contributed by atoms with van der Waals surface area (Å²) in [6.07, 6.45) is 2.16. The van der Waals surface area contributed by atoms with E-state index in [2.05, 4.69) is 10.1 Å². The van der Waals surface area contributed by atoms with Gasteiger partial charge in [-0.3, -0.25) is 14.4 Å². The number of hydrogen-bond donors (Lipinski definition) is 1. The highest BCUT2D eigenvalue weighted by atomic mass is 16.5. The van der Waals surface area contributed by atoms with E-state index >= 15 is 0 Å². The van der Waals surface area contributed by atoms with Crippen molar-refractivity contribution in [3.63, 3.8) is 0 Å². The highest BCUT2D eigenvalue weighted by Gasteiger charge is 2.18. The SMILES string of the molecule is COC(=O)CCC(=O)NCC(=O)N1CCCC1. The van der Waals surface area contributed by atoms with Gasteiger partial charge >= 0.3 is 5.97 Å². The first-order chi connectivity index (χ1) is 8.13. The number of rotatable bonds is 5. The number of likely N-dealkylation sites (tertiary alicyclic amines) is 1. The van der Waals surface area contributed by atoms with Crippen LogP contribution in [0.15, 0.2) is 0 Å². The molecule has 1 fully saturated rings. The summed E-state index contributed by atoms with van der Waals surface area (Å²) in [5, 5.41) is 2.50. The minimum Gasteiger partial charge on any atom is -0.469 e. The van der Waals surface area contributed by atoms with E-state index in [1.165, 1.54) is 7.11 Å². The smallest absolute Gasteiger partial charge is 0.306 e. The minimum atomic E-state index is -0.425. The molecule has 2 amide bonds. The summed E-state index contributed by atoms with van der Waals surface area (Å²) < 4.78 is 4.41. The van der Waals surface area contributed by atoms with E-state index in [0.717, 1.165) is 25.9 Å². The molecule has 6 heteroatoms. The van der Waals surface area contributed by atoms with Crippen molar-refractivity contribution in [2.45, 2.75) is 25.7 Å². The Morgan fingerprint density at radius 1 is 1.18 bits per heavy atom. The van der Waals surface area contributed by atoms with E-state index in [4.69, 9.17) is 0 Å². The fourth-order valence-corrected chi connectivity index (χ4v) is 1.66. The lowest BCUT2D eigenvalue weighted by molar-refractivity contribution is -0.142. The number of hydrogen-bond acceptors (Lipinski definition) is 4. The fourth-order valence-electron chi connectivity index (χ4n) is 1.66.